The van der Waals surface area contributed by atoms with Crippen LogP contribution >= 0.6 is 0 Å². The van der Waals surface area contributed by atoms with E-state index >= 15 is 0 Å². The van der Waals surface area contributed by atoms with E-state index in [1.165, 1.54) is 13.3 Å². The van der Waals surface area contributed by atoms with Gasteiger partial charge in [0.1, 0.15) is 18.1 Å². The van der Waals surface area contributed by atoms with Crippen LogP contribution in [0.15, 0.2) is 41.6 Å². The van der Waals surface area contributed by atoms with Gasteiger partial charge in [0, 0.05) is 19.0 Å². The molecule has 2 rings (SSSR count). The van der Waals surface area contributed by atoms with Gasteiger partial charge >= 0.3 is 6.09 Å². The molecule has 0 saturated heterocycles. The number of amides is 1. The fourth-order valence-electron chi connectivity index (χ4n) is 1.56. The first-order valence-electron chi connectivity index (χ1n) is 8.10. The SMILES string of the molecule is C=COC.C=O.CNC(=O)OC(C)(C)C.CNCc1noc2ccccc12. The quantitative estimate of drug-likeness (QED) is 0.787. The Hall–Kier alpha value is -2.87. The van der Waals surface area contributed by atoms with Gasteiger partial charge in [0.25, 0.3) is 0 Å². The van der Waals surface area contributed by atoms with Crippen molar-refractivity contribution in [2.45, 2.75) is 32.9 Å². The third-order valence-electron chi connectivity index (χ3n) is 2.57. The number of nitrogens with zero attached hydrogens (tertiary/aromatic N) is 1. The molecule has 8 heteroatoms. The van der Waals surface area contributed by atoms with Crippen LogP contribution in [-0.4, -0.2) is 44.8 Å². The number of para-hydroxylation sites is 1. The minimum atomic E-state index is -0.389. The van der Waals surface area contributed by atoms with Crippen molar-refractivity contribution in [1.82, 2.24) is 15.8 Å². The van der Waals surface area contributed by atoms with E-state index in [2.05, 4.69) is 27.1 Å². The topological polar surface area (TPSA) is 103 Å². The third-order valence-corrected chi connectivity index (χ3v) is 2.57. The van der Waals surface area contributed by atoms with Crippen molar-refractivity contribution in [3.05, 3.63) is 42.8 Å². The molecule has 0 aliphatic heterocycles. The van der Waals surface area contributed by atoms with Crippen LogP contribution in [0, 0.1) is 0 Å². The molecule has 0 aliphatic rings. The molecule has 8 nitrogen and oxygen atoms in total. The zero-order valence-corrected chi connectivity index (χ0v) is 17.0. The van der Waals surface area contributed by atoms with E-state index in [0.29, 0.717) is 0 Å². The smallest absolute Gasteiger partial charge is 0.407 e. The number of aromatic nitrogens is 1. The summed E-state index contributed by atoms with van der Waals surface area (Å²) in [6, 6.07) is 7.86. The molecular weight excluding hydrogens is 350 g/mol. The predicted molar refractivity (Wildman–Crippen MR) is 106 cm³/mol. The van der Waals surface area contributed by atoms with Crippen LogP contribution in [0.2, 0.25) is 0 Å². The number of benzene rings is 1. The number of hydrogen-bond acceptors (Lipinski definition) is 7. The number of alkyl carbamates (subject to hydrolysis) is 1. The molecule has 0 radical (unpaired) electrons. The maximum absolute atomic E-state index is 10.5. The Morgan fingerprint density at radius 1 is 1.26 bits per heavy atom. The van der Waals surface area contributed by atoms with Gasteiger partial charge in [0.15, 0.2) is 5.58 Å². The van der Waals surface area contributed by atoms with Gasteiger partial charge in [0.2, 0.25) is 0 Å². The van der Waals surface area contributed by atoms with Crippen molar-refractivity contribution in [3.8, 4) is 0 Å². The highest BCUT2D eigenvalue weighted by molar-refractivity contribution is 5.79. The van der Waals surface area contributed by atoms with Crippen LogP contribution in [0.3, 0.4) is 0 Å². The molecule has 0 fully saturated rings. The third kappa shape index (κ3) is 13.1. The average molecular weight is 381 g/mol. The Labute approximate surface area is 160 Å². The summed E-state index contributed by atoms with van der Waals surface area (Å²) in [5.74, 6) is 0. The molecule has 1 heterocycles. The van der Waals surface area contributed by atoms with Crippen molar-refractivity contribution in [2.75, 3.05) is 21.2 Å². The maximum atomic E-state index is 10.5. The van der Waals surface area contributed by atoms with Gasteiger partial charge in [-0.3, -0.25) is 0 Å². The van der Waals surface area contributed by atoms with Crippen molar-refractivity contribution >= 4 is 23.9 Å². The highest BCUT2D eigenvalue weighted by Gasteiger charge is 2.13. The van der Waals surface area contributed by atoms with Crippen molar-refractivity contribution in [1.29, 1.82) is 0 Å². The molecule has 2 N–H and O–H groups in total. The highest BCUT2D eigenvalue weighted by atomic mass is 16.6. The fraction of sp³-hybridized carbons (Fsp3) is 0.421. The summed E-state index contributed by atoms with van der Waals surface area (Å²) >= 11 is 0. The Balaban J connectivity index is 0. The molecule has 1 amide bonds. The first-order chi connectivity index (χ1) is 12.8. The number of hydrogen-bond donors (Lipinski definition) is 2. The number of nitrogens with one attached hydrogen (secondary N) is 2. The molecule has 2 aromatic rings. The van der Waals surface area contributed by atoms with Gasteiger partial charge < -0.3 is 29.4 Å². The lowest BCUT2D eigenvalue weighted by molar-refractivity contribution is -0.0980. The molecule has 0 aliphatic carbocycles. The first kappa shape index (κ1) is 26.4. The summed E-state index contributed by atoms with van der Waals surface area (Å²) in [5, 5.41) is 10.4. The van der Waals surface area contributed by atoms with Crippen LogP contribution in [-0.2, 0) is 20.8 Å². The van der Waals surface area contributed by atoms with Crippen LogP contribution in [0.4, 0.5) is 4.79 Å². The average Bonchev–Trinajstić information content (AvgIpc) is 3.06. The first-order valence-corrected chi connectivity index (χ1v) is 8.10. The van der Waals surface area contributed by atoms with Crippen LogP contribution in [0.5, 0.6) is 0 Å². The molecule has 27 heavy (non-hydrogen) atoms. The van der Waals surface area contributed by atoms with Crippen LogP contribution in [0.1, 0.15) is 26.5 Å². The molecule has 1 aromatic carbocycles. The number of rotatable bonds is 3. The van der Waals surface area contributed by atoms with Gasteiger partial charge in [-0.1, -0.05) is 23.9 Å². The van der Waals surface area contributed by atoms with Crippen molar-refractivity contribution in [3.63, 3.8) is 0 Å². The molecular formula is C19H31N3O5. The Kier molecular flexibility index (Phi) is 15.0. The lowest BCUT2D eigenvalue weighted by Gasteiger charge is -2.18. The summed E-state index contributed by atoms with van der Waals surface area (Å²) in [6.45, 7) is 11.5. The number of methoxy groups -OCH3 is 1. The van der Waals surface area contributed by atoms with E-state index in [9.17, 15) is 4.79 Å². The van der Waals surface area contributed by atoms with Gasteiger partial charge in [0.05, 0.1) is 13.4 Å². The minimum Gasteiger partial charge on any atom is -0.505 e. The van der Waals surface area contributed by atoms with Crippen LogP contribution < -0.4 is 10.6 Å². The zero-order valence-electron chi connectivity index (χ0n) is 17.0. The zero-order chi connectivity index (χ0) is 21.3. The summed E-state index contributed by atoms with van der Waals surface area (Å²) in [5.41, 5.74) is 1.43. The standard InChI is InChI=1S/C9H10N2O.C6H13NO2.C3H6O.CH2O/c1-10-6-8-7-4-2-3-5-9(7)12-11-8;1-6(2,3)9-5(8)7-4;1-3-4-2;1-2/h2-5,10H,6H2,1H3;1-4H3,(H,7,8);3H,1H2,2H3;1H2. The van der Waals surface area contributed by atoms with Crippen molar-refractivity contribution < 1.29 is 23.6 Å². The van der Waals surface area contributed by atoms with Gasteiger partial charge in [-0.15, -0.1) is 0 Å². The summed E-state index contributed by atoms with van der Waals surface area (Å²) < 4.78 is 14.3. The second-order valence-corrected chi connectivity index (χ2v) is 5.81. The molecule has 152 valence electrons. The predicted octanol–water partition coefficient (Wildman–Crippen LogP) is 3.28. The Bertz CT molecular complexity index is 650. The number of carbonyl (C=O) groups is 2. The van der Waals surface area contributed by atoms with Crippen molar-refractivity contribution in [2.24, 2.45) is 0 Å². The number of carbonyl (C=O) groups excluding carboxylic acids is 2. The molecule has 0 saturated carbocycles. The number of fused-ring (bicyclic) bond motifs is 1. The highest BCUT2D eigenvalue weighted by Crippen LogP contribution is 2.16. The van der Waals surface area contributed by atoms with Gasteiger partial charge in [-0.2, -0.15) is 0 Å². The fourth-order valence-corrected chi connectivity index (χ4v) is 1.56. The maximum Gasteiger partial charge on any atom is 0.407 e. The largest absolute Gasteiger partial charge is 0.505 e. The van der Waals surface area contributed by atoms with E-state index < -0.39 is 0 Å². The monoisotopic (exact) mass is 381 g/mol. The normalized spacial score (nSPS) is 9.26. The lowest BCUT2D eigenvalue weighted by Crippen LogP contribution is -2.30. The lowest BCUT2D eigenvalue weighted by atomic mass is 10.2. The Morgan fingerprint density at radius 3 is 2.22 bits per heavy atom. The second-order valence-electron chi connectivity index (χ2n) is 5.81. The summed E-state index contributed by atoms with van der Waals surface area (Å²) in [7, 11) is 4.99. The second kappa shape index (κ2) is 15.4. The van der Waals surface area contributed by atoms with E-state index in [-0.39, 0.29) is 11.7 Å². The molecule has 0 atom stereocenters. The van der Waals surface area contributed by atoms with Gasteiger partial charge in [-0.25, -0.2) is 4.79 Å². The number of ether oxygens (including phenoxy) is 2. The molecule has 0 spiro atoms. The Morgan fingerprint density at radius 2 is 1.81 bits per heavy atom. The summed E-state index contributed by atoms with van der Waals surface area (Å²) in [6.07, 6.45) is 0.988. The van der Waals surface area contributed by atoms with E-state index in [0.717, 1.165) is 23.2 Å². The molecule has 0 bridgehead atoms. The summed E-state index contributed by atoms with van der Waals surface area (Å²) in [4.78, 5) is 18.5. The van der Waals surface area contributed by atoms with Crippen LogP contribution in [0.25, 0.3) is 11.0 Å². The molecule has 1 aromatic heterocycles. The minimum absolute atomic E-state index is 0.387. The van der Waals surface area contributed by atoms with E-state index in [1.54, 1.807) is 7.11 Å². The van der Waals surface area contributed by atoms with Gasteiger partial charge in [-0.05, 0) is 40.0 Å². The van der Waals surface area contributed by atoms with E-state index in [1.807, 2.05) is 58.9 Å². The molecule has 0 unspecified atom stereocenters. The van der Waals surface area contributed by atoms with E-state index in [4.69, 9.17) is 14.1 Å².